The normalized spacial score (nSPS) is 21.3. The second-order valence-corrected chi connectivity index (χ2v) is 11.8. The van der Waals surface area contributed by atoms with Crippen molar-refractivity contribution in [1.29, 1.82) is 0 Å². The SMILES string of the molecule is CC(C)N1CCCC(S(=O)(=O)N2CCN(c3ccc(-c4cc(Cl)cc(Cl)c4)nn3)CC2)C1. The molecule has 0 spiro atoms. The van der Waals surface area contributed by atoms with E-state index in [4.69, 9.17) is 23.2 Å². The first kappa shape index (κ1) is 23.7. The largest absolute Gasteiger partial charge is 0.352 e. The van der Waals surface area contributed by atoms with Crippen LogP contribution in [0.4, 0.5) is 5.82 Å². The van der Waals surface area contributed by atoms with Crippen molar-refractivity contribution in [3.05, 3.63) is 40.4 Å². The summed E-state index contributed by atoms with van der Waals surface area (Å²) in [4.78, 5) is 4.35. The van der Waals surface area contributed by atoms with Crippen LogP contribution in [0, 0.1) is 0 Å². The summed E-state index contributed by atoms with van der Waals surface area (Å²) in [6, 6.07) is 9.43. The lowest BCUT2D eigenvalue weighted by Crippen LogP contribution is -2.54. The topological polar surface area (TPSA) is 69.6 Å². The minimum absolute atomic E-state index is 0.311. The fourth-order valence-electron chi connectivity index (χ4n) is 4.41. The number of nitrogens with zero attached hydrogens (tertiary/aromatic N) is 5. The molecule has 32 heavy (non-hydrogen) atoms. The van der Waals surface area contributed by atoms with E-state index in [9.17, 15) is 8.42 Å². The quantitative estimate of drug-likeness (QED) is 0.625. The number of piperidine rings is 1. The molecule has 2 aliphatic heterocycles. The Hall–Kier alpha value is -1.45. The predicted octanol–water partition coefficient (Wildman–Crippen LogP) is 3.78. The molecule has 1 aromatic carbocycles. The Morgan fingerprint density at radius 3 is 2.25 bits per heavy atom. The van der Waals surface area contributed by atoms with Crippen LogP contribution in [-0.4, -0.2) is 78.4 Å². The van der Waals surface area contributed by atoms with Gasteiger partial charge in [-0.3, -0.25) is 4.90 Å². The summed E-state index contributed by atoms with van der Waals surface area (Å²) >= 11 is 12.2. The fourth-order valence-corrected chi connectivity index (χ4v) is 6.87. The van der Waals surface area contributed by atoms with Gasteiger partial charge in [-0.25, -0.2) is 8.42 Å². The molecule has 2 fully saturated rings. The van der Waals surface area contributed by atoms with E-state index in [2.05, 4.69) is 33.8 Å². The Bertz CT molecular complexity index is 1020. The predicted molar refractivity (Wildman–Crippen MR) is 130 cm³/mol. The monoisotopic (exact) mass is 497 g/mol. The first-order chi connectivity index (χ1) is 15.2. The van der Waals surface area contributed by atoms with Gasteiger partial charge in [0, 0.05) is 54.4 Å². The maximum Gasteiger partial charge on any atom is 0.218 e. The molecule has 2 aliphatic rings. The number of hydrogen-bond donors (Lipinski definition) is 0. The molecule has 3 heterocycles. The maximum atomic E-state index is 13.2. The van der Waals surface area contributed by atoms with E-state index in [0.717, 1.165) is 30.8 Å². The molecule has 7 nitrogen and oxygen atoms in total. The zero-order valence-electron chi connectivity index (χ0n) is 18.4. The van der Waals surface area contributed by atoms with E-state index in [1.807, 2.05) is 12.1 Å². The third-order valence-electron chi connectivity index (χ3n) is 6.29. The Morgan fingerprint density at radius 2 is 1.66 bits per heavy atom. The van der Waals surface area contributed by atoms with E-state index in [-0.39, 0.29) is 5.25 Å². The summed E-state index contributed by atoms with van der Waals surface area (Å²) in [5.74, 6) is 0.738. The average Bonchev–Trinajstić information content (AvgIpc) is 2.79. The number of halogens is 2. The van der Waals surface area contributed by atoms with Crippen molar-refractivity contribution in [2.75, 3.05) is 44.2 Å². The summed E-state index contributed by atoms with van der Waals surface area (Å²) in [5.41, 5.74) is 1.49. The number of benzene rings is 1. The highest BCUT2D eigenvalue weighted by Gasteiger charge is 2.37. The molecule has 0 amide bonds. The van der Waals surface area contributed by atoms with Crippen molar-refractivity contribution in [3.8, 4) is 11.3 Å². The van der Waals surface area contributed by atoms with Crippen molar-refractivity contribution in [3.63, 3.8) is 0 Å². The summed E-state index contributed by atoms with van der Waals surface area (Å²) in [6.07, 6.45) is 1.67. The lowest BCUT2D eigenvalue weighted by atomic mass is 10.1. The molecule has 2 aromatic rings. The highest BCUT2D eigenvalue weighted by Crippen LogP contribution is 2.27. The third kappa shape index (κ3) is 5.20. The van der Waals surface area contributed by atoms with Crippen molar-refractivity contribution in [2.24, 2.45) is 0 Å². The van der Waals surface area contributed by atoms with E-state index in [0.29, 0.717) is 54.5 Å². The molecule has 10 heteroatoms. The van der Waals surface area contributed by atoms with Crippen LogP contribution < -0.4 is 4.90 Å². The van der Waals surface area contributed by atoms with Crippen LogP contribution >= 0.6 is 23.2 Å². The molecule has 1 unspecified atom stereocenters. The van der Waals surface area contributed by atoms with Gasteiger partial charge in [0.05, 0.1) is 10.9 Å². The Morgan fingerprint density at radius 1 is 0.969 bits per heavy atom. The standard InChI is InChI=1S/C22H29Cl2N5O2S/c1-16(2)28-7-3-4-20(15-28)32(30,31)29-10-8-27(9-11-29)22-6-5-21(25-26-22)17-12-18(23)14-19(24)13-17/h5-6,12-14,16,20H,3-4,7-11,15H2,1-2H3. The first-order valence-electron chi connectivity index (χ1n) is 11.0. The van der Waals surface area contributed by atoms with Crippen molar-refractivity contribution in [1.82, 2.24) is 19.4 Å². The molecule has 0 saturated carbocycles. The van der Waals surface area contributed by atoms with Crippen LogP contribution in [0.1, 0.15) is 26.7 Å². The highest BCUT2D eigenvalue weighted by molar-refractivity contribution is 7.89. The number of piperazine rings is 1. The van der Waals surface area contributed by atoms with Crippen LogP contribution in [-0.2, 0) is 10.0 Å². The van der Waals surface area contributed by atoms with Gasteiger partial charge in [0.25, 0.3) is 0 Å². The summed E-state index contributed by atoms with van der Waals surface area (Å²) in [5, 5.41) is 9.47. The zero-order chi connectivity index (χ0) is 22.9. The van der Waals surface area contributed by atoms with Crippen LogP contribution in [0.3, 0.4) is 0 Å². The highest BCUT2D eigenvalue weighted by atomic mass is 35.5. The smallest absolute Gasteiger partial charge is 0.218 e. The molecule has 4 rings (SSSR count). The van der Waals surface area contributed by atoms with Gasteiger partial charge < -0.3 is 4.90 Å². The fraction of sp³-hybridized carbons (Fsp3) is 0.545. The first-order valence-corrected chi connectivity index (χ1v) is 13.3. The second-order valence-electron chi connectivity index (χ2n) is 8.72. The molecule has 0 aliphatic carbocycles. The van der Waals surface area contributed by atoms with Crippen LogP contribution in [0.5, 0.6) is 0 Å². The number of anilines is 1. The summed E-state index contributed by atoms with van der Waals surface area (Å²) in [7, 11) is -3.30. The van der Waals surface area contributed by atoms with E-state index < -0.39 is 10.0 Å². The number of rotatable bonds is 5. The summed E-state index contributed by atoms with van der Waals surface area (Å²) < 4.78 is 28.1. The molecule has 0 bridgehead atoms. The molecule has 174 valence electrons. The lowest BCUT2D eigenvalue weighted by Gasteiger charge is -2.40. The molecular formula is C22H29Cl2N5O2S. The zero-order valence-corrected chi connectivity index (χ0v) is 20.7. The molecule has 1 aromatic heterocycles. The molecular weight excluding hydrogens is 469 g/mol. The molecule has 2 saturated heterocycles. The van der Waals surface area contributed by atoms with Gasteiger partial charge in [-0.15, -0.1) is 10.2 Å². The van der Waals surface area contributed by atoms with E-state index >= 15 is 0 Å². The van der Waals surface area contributed by atoms with Gasteiger partial charge in [-0.1, -0.05) is 23.2 Å². The number of hydrogen-bond acceptors (Lipinski definition) is 6. The minimum atomic E-state index is -3.30. The molecule has 0 radical (unpaired) electrons. The van der Waals surface area contributed by atoms with Gasteiger partial charge in [0.2, 0.25) is 10.0 Å². The van der Waals surface area contributed by atoms with Crippen molar-refractivity contribution < 1.29 is 8.42 Å². The van der Waals surface area contributed by atoms with E-state index in [1.54, 1.807) is 22.5 Å². The van der Waals surface area contributed by atoms with Crippen LogP contribution in [0.2, 0.25) is 10.0 Å². The van der Waals surface area contributed by atoms with E-state index in [1.165, 1.54) is 0 Å². The van der Waals surface area contributed by atoms with Gasteiger partial charge in [0.1, 0.15) is 0 Å². The van der Waals surface area contributed by atoms with Crippen molar-refractivity contribution >= 4 is 39.0 Å². The van der Waals surface area contributed by atoms with Gasteiger partial charge >= 0.3 is 0 Å². The van der Waals surface area contributed by atoms with Crippen molar-refractivity contribution in [2.45, 2.75) is 38.0 Å². The molecule has 1 atom stereocenters. The average molecular weight is 498 g/mol. The number of sulfonamides is 1. The number of aromatic nitrogens is 2. The van der Waals surface area contributed by atoms with Gasteiger partial charge in [-0.2, -0.15) is 4.31 Å². The lowest BCUT2D eigenvalue weighted by molar-refractivity contribution is 0.183. The Labute approximate surface area is 200 Å². The minimum Gasteiger partial charge on any atom is -0.352 e. The summed E-state index contributed by atoms with van der Waals surface area (Å²) in [6.45, 7) is 7.98. The number of likely N-dealkylation sites (tertiary alicyclic amines) is 1. The van der Waals surface area contributed by atoms with Gasteiger partial charge in [0.15, 0.2) is 5.82 Å². The Balaban J connectivity index is 1.39. The second kappa shape index (κ2) is 9.81. The maximum absolute atomic E-state index is 13.2. The van der Waals surface area contributed by atoms with Crippen LogP contribution in [0.25, 0.3) is 11.3 Å². The third-order valence-corrected chi connectivity index (χ3v) is 9.04. The van der Waals surface area contributed by atoms with Crippen LogP contribution in [0.15, 0.2) is 30.3 Å². The van der Waals surface area contributed by atoms with Gasteiger partial charge in [-0.05, 0) is 63.6 Å². The molecule has 0 N–H and O–H groups in total. The Kier molecular flexibility index (Phi) is 7.27.